The van der Waals surface area contributed by atoms with Gasteiger partial charge in [0.15, 0.2) is 0 Å². The summed E-state index contributed by atoms with van der Waals surface area (Å²) in [7, 11) is 0. The van der Waals surface area contributed by atoms with Crippen molar-refractivity contribution in [3.8, 4) is 0 Å². The number of fused-ring (bicyclic) bond motifs is 1. The first-order valence-corrected chi connectivity index (χ1v) is 7.14. The SMILES string of the molecule is Cc1cc2c(Sc3csc(C(=O)O)c3)nccn2n1. The Labute approximate surface area is 116 Å². The molecule has 1 N–H and O–H groups in total. The zero-order chi connectivity index (χ0) is 13.4. The fourth-order valence-electron chi connectivity index (χ4n) is 1.70. The molecule has 0 aliphatic carbocycles. The van der Waals surface area contributed by atoms with Gasteiger partial charge in [0.1, 0.15) is 9.90 Å². The lowest BCUT2D eigenvalue weighted by Gasteiger charge is -2.00. The van der Waals surface area contributed by atoms with Gasteiger partial charge in [-0.15, -0.1) is 11.3 Å². The molecule has 3 aromatic heterocycles. The minimum absolute atomic E-state index is 0.333. The van der Waals surface area contributed by atoms with E-state index in [0.29, 0.717) is 4.88 Å². The Morgan fingerprint density at radius 2 is 2.32 bits per heavy atom. The van der Waals surface area contributed by atoms with Gasteiger partial charge in [-0.25, -0.2) is 14.3 Å². The Bertz CT molecular complexity index is 763. The van der Waals surface area contributed by atoms with E-state index in [4.69, 9.17) is 5.11 Å². The van der Waals surface area contributed by atoms with E-state index in [0.717, 1.165) is 21.1 Å². The maximum Gasteiger partial charge on any atom is 0.345 e. The molecule has 3 rings (SSSR count). The number of hydrogen-bond donors (Lipinski definition) is 1. The number of aromatic carboxylic acids is 1. The molecular formula is C12H9N3O2S2. The molecule has 0 aliphatic rings. The maximum atomic E-state index is 10.9. The first-order valence-electron chi connectivity index (χ1n) is 5.44. The first kappa shape index (κ1) is 12.2. The molecule has 5 nitrogen and oxygen atoms in total. The molecule has 96 valence electrons. The van der Waals surface area contributed by atoms with Crippen LogP contribution in [0.5, 0.6) is 0 Å². The van der Waals surface area contributed by atoms with Crippen molar-refractivity contribution < 1.29 is 9.90 Å². The highest BCUT2D eigenvalue weighted by Crippen LogP contribution is 2.32. The van der Waals surface area contributed by atoms with Crippen LogP contribution in [0.15, 0.2) is 39.8 Å². The molecule has 0 spiro atoms. The molecular weight excluding hydrogens is 282 g/mol. The van der Waals surface area contributed by atoms with Crippen LogP contribution in [0.3, 0.4) is 0 Å². The number of aromatic nitrogens is 3. The lowest BCUT2D eigenvalue weighted by molar-refractivity contribution is 0.0702. The van der Waals surface area contributed by atoms with Gasteiger partial charge in [0, 0.05) is 22.7 Å². The summed E-state index contributed by atoms with van der Waals surface area (Å²) in [4.78, 5) is 16.4. The molecule has 0 saturated heterocycles. The molecule has 0 radical (unpaired) electrons. The van der Waals surface area contributed by atoms with Gasteiger partial charge in [-0.3, -0.25) is 0 Å². The maximum absolute atomic E-state index is 10.9. The predicted octanol–water partition coefficient (Wildman–Crippen LogP) is 2.95. The Morgan fingerprint density at radius 1 is 1.47 bits per heavy atom. The minimum atomic E-state index is -0.900. The highest BCUT2D eigenvalue weighted by molar-refractivity contribution is 7.99. The minimum Gasteiger partial charge on any atom is -0.477 e. The average Bonchev–Trinajstić information content (AvgIpc) is 2.95. The second-order valence-corrected chi connectivity index (χ2v) is 5.88. The second kappa shape index (κ2) is 4.67. The van der Waals surface area contributed by atoms with Gasteiger partial charge in [0.05, 0.1) is 11.2 Å². The summed E-state index contributed by atoms with van der Waals surface area (Å²) in [6.45, 7) is 1.93. The topological polar surface area (TPSA) is 67.5 Å². The number of carbonyl (C=O) groups is 1. The Balaban J connectivity index is 1.98. The van der Waals surface area contributed by atoms with Crippen LogP contribution in [0.25, 0.3) is 5.52 Å². The molecule has 0 atom stereocenters. The van der Waals surface area contributed by atoms with E-state index in [1.54, 1.807) is 23.0 Å². The summed E-state index contributed by atoms with van der Waals surface area (Å²) in [6, 6.07) is 3.62. The molecule has 3 heterocycles. The molecule has 19 heavy (non-hydrogen) atoms. The quantitative estimate of drug-likeness (QED) is 0.803. The standard InChI is InChI=1S/C12H9N3O2S2/c1-7-4-9-11(13-2-3-15(9)14-7)19-8-5-10(12(16)17)18-6-8/h2-6H,1H3,(H,16,17). The van der Waals surface area contributed by atoms with Crippen LogP contribution < -0.4 is 0 Å². The summed E-state index contributed by atoms with van der Waals surface area (Å²) in [5, 5.41) is 15.9. The van der Waals surface area contributed by atoms with E-state index >= 15 is 0 Å². The number of nitrogens with zero attached hydrogens (tertiary/aromatic N) is 3. The third-order valence-corrected chi connectivity index (χ3v) is 4.52. The molecule has 3 aromatic rings. The van der Waals surface area contributed by atoms with Gasteiger partial charge in [0.2, 0.25) is 0 Å². The van der Waals surface area contributed by atoms with Gasteiger partial charge < -0.3 is 5.11 Å². The molecule has 0 unspecified atom stereocenters. The molecule has 0 amide bonds. The molecule has 0 fully saturated rings. The normalized spacial score (nSPS) is 11.0. The van der Waals surface area contributed by atoms with Crippen LogP contribution in [-0.2, 0) is 0 Å². The largest absolute Gasteiger partial charge is 0.477 e. The number of rotatable bonds is 3. The third-order valence-electron chi connectivity index (χ3n) is 2.48. The summed E-state index contributed by atoms with van der Waals surface area (Å²) >= 11 is 2.66. The number of hydrogen-bond acceptors (Lipinski definition) is 5. The van der Waals surface area contributed by atoms with E-state index in [-0.39, 0.29) is 0 Å². The lowest BCUT2D eigenvalue weighted by atomic mass is 10.4. The van der Waals surface area contributed by atoms with Crippen molar-refractivity contribution in [2.75, 3.05) is 0 Å². The Kier molecular flexibility index (Phi) is 3.00. The Hall–Kier alpha value is -1.86. The highest BCUT2D eigenvalue weighted by Gasteiger charge is 2.11. The summed E-state index contributed by atoms with van der Waals surface area (Å²) < 4.78 is 1.77. The zero-order valence-corrected chi connectivity index (χ0v) is 11.5. The monoisotopic (exact) mass is 291 g/mol. The van der Waals surface area contributed by atoms with Crippen LogP contribution >= 0.6 is 23.1 Å². The van der Waals surface area contributed by atoms with Crippen LogP contribution in [0.4, 0.5) is 0 Å². The van der Waals surface area contributed by atoms with Crippen molar-refractivity contribution in [2.45, 2.75) is 16.8 Å². The highest BCUT2D eigenvalue weighted by atomic mass is 32.2. The molecule has 0 aliphatic heterocycles. The number of aryl methyl sites for hydroxylation is 1. The zero-order valence-electron chi connectivity index (χ0n) is 9.90. The van der Waals surface area contributed by atoms with Gasteiger partial charge in [-0.1, -0.05) is 11.8 Å². The van der Waals surface area contributed by atoms with Gasteiger partial charge in [0.25, 0.3) is 0 Å². The lowest BCUT2D eigenvalue weighted by Crippen LogP contribution is -1.91. The summed E-state index contributed by atoms with van der Waals surface area (Å²) in [6.07, 6.45) is 3.48. The van der Waals surface area contributed by atoms with Crippen molar-refractivity contribution in [2.24, 2.45) is 0 Å². The molecule has 0 aromatic carbocycles. The smallest absolute Gasteiger partial charge is 0.345 e. The number of carboxylic acids is 1. The fourth-order valence-corrected chi connectivity index (χ4v) is 3.48. The second-order valence-electron chi connectivity index (χ2n) is 3.90. The molecule has 0 bridgehead atoms. The third kappa shape index (κ3) is 2.34. The predicted molar refractivity (Wildman–Crippen MR) is 73.1 cm³/mol. The number of thiophene rings is 1. The van der Waals surface area contributed by atoms with Gasteiger partial charge >= 0.3 is 5.97 Å². The van der Waals surface area contributed by atoms with Crippen LogP contribution in [-0.4, -0.2) is 25.7 Å². The van der Waals surface area contributed by atoms with Crippen molar-refractivity contribution in [1.82, 2.24) is 14.6 Å². The molecule has 7 heteroatoms. The summed E-state index contributed by atoms with van der Waals surface area (Å²) in [5.74, 6) is -0.900. The number of carboxylic acid groups (broad SMARTS) is 1. The van der Waals surface area contributed by atoms with E-state index in [1.165, 1.54) is 23.1 Å². The van der Waals surface area contributed by atoms with E-state index in [9.17, 15) is 4.79 Å². The van der Waals surface area contributed by atoms with E-state index < -0.39 is 5.97 Å². The van der Waals surface area contributed by atoms with Crippen LogP contribution in [0.2, 0.25) is 0 Å². The summed E-state index contributed by atoms with van der Waals surface area (Å²) in [5.41, 5.74) is 1.85. The van der Waals surface area contributed by atoms with Crippen LogP contribution in [0, 0.1) is 6.92 Å². The average molecular weight is 291 g/mol. The molecule has 0 saturated carbocycles. The van der Waals surface area contributed by atoms with Crippen molar-refractivity contribution in [1.29, 1.82) is 0 Å². The van der Waals surface area contributed by atoms with Gasteiger partial charge in [-0.05, 0) is 19.1 Å². The van der Waals surface area contributed by atoms with E-state index in [1.807, 2.05) is 18.4 Å². The first-order chi connectivity index (χ1) is 9.13. The fraction of sp³-hybridized carbons (Fsp3) is 0.0833. The van der Waals surface area contributed by atoms with Crippen molar-refractivity contribution in [3.63, 3.8) is 0 Å². The van der Waals surface area contributed by atoms with Crippen LogP contribution in [0.1, 0.15) is 15.4 Å². The van der Waals surface area contributed by atoms with Gasteiger partial charge in [-0.2, -0.15) is 5.10 Å². The van der Waals surface area contributed by atoms with Crippen molar-refractivity contribution in [3.05, 3.63) is 40.5 Å². The Morgan fingerprint density at radius 3 is 3.05 bits per heavy atom. The van der Waals surface area contributed by atoms with Crippen molar-refractivity contribution >= 4 is 34.6 Å². The van der Waals surface area contributed by atoms with E-state index in [2.05, 4.69) is 10.1 Å².